The van der Waals surface area contributed by atoms with Gasteiger partial charge in [0.05, 0.1) is 0 Å². The van der Waals surface area contributed by atoms with Gasteiger partial charge in [0.1, 0.15) is 5.40 Å². The minimum atomic E-state index is 1.03. The molecule has 0 amide bonds. The van der Waals surface area contributed by atoms with Gasteiger partial charge in [-0.15, -0.1) is 0 Å². The number of rotatable bonds is 2. The molecule has 0 spiro atoms. The molecule has 0 unspecified atom stereocenters. The number of hydrogen-bond acceptors (Lipinski definition) is 2. The molecule has 0 aliphatic rings. The Morgan fingerprint density at radius 2 is 2.23 bits per heavy atom. The van der Waals surface area contributed by atoms with Crippen molar-refractivity contribution in [1.29, 1.82) is 5.26 Å². The van der Waals surface area contributed by atoms with E-state index in [1.165, 1.54) is 26.5 Å². The van der Waals surface area contributed by atoms with Gasteiger partial charge in [-0.3, -0.25) is 0 Å². The summed E-state index contributed by atoms with van der Waals surface area (Å²) in [5, 5.41) is 10.7. The van der Waals surface area contributed by atoms with Gasteiger partial charge in [-0.25, -0.2) is 0 Å². The van der Waals surface area contributed by atoms with Gasteiger partial charge in [-0.2, -0.15) is 5.26 Å². The molecule has 0 radical (unpaired) electrons. The summed E-state index contributed by atoms with van der Waals surface area (Å²) in [5.41, 5.74) is 2.59. The molecule has 0 aliphatic heterocycles. The fourth-order valence-electron chi connectivity index (χ4n) is 1.18. The molecular weight excluding hydrogens is 293 g/mol. The lowest BCUT2D eigenvalue weighted by Gasteiger charge is -2.06. The van der Waals surface area contributed by atoms with Crippen LogP contribution in [0.4, 0.5) is 0 Å². The van der Waals surface area contributed by atoms with Gasteiger partial charge in [0.2, 0.25) is 0 Å². The van der Waals surface area contributed by atoms with Crippen molar-refractivity contribution in [3.05, 3.63) is 26.8 Å². The first kappa shape index (κ1) is 10.9. The van der Waals surface area contributed by atoms with E-state index in [1.54, 1.807) is 0 Å². The van der Waals surface area contributed by atoms with Crippen LogP contribution in [-0.2, 0) is 6.42 Å². The molecule has 0 aromatic heterocycles. The Kier molecular flexibility index (Phi) is 4.07. The normalized spacial score (nSPS) is 9.69. The van der Waals surface area contributed by atoms with Gasteiger partial charge in [-0.05, 0) is 71.0 Å². The zero-order valence-corrected chi connectivity index (χ0v) is 10.6. The van der Waals surface area contributed by atoms with Gasteiger partial charge >= 0.3 is 0 Å². The summed E-state index contributed by atoms with van der Waals surface area (Å²) in [5.74, 6) is 0. The molecule has 1 aromatic carbocycles. The summed E-state index contributed by atoms with van der Waals surface area (Å²) >= 11 is 3.59. The molecule has 0 saturated carbocycles. The van der Waals surface area contributed by atoms with E-state index >= 15 is 0 Å². The van der Waals surface area contributed by atoms with Crippen molar-refractivity contribution in [2.75, 3.05) is 0 Å². The summed E-state index contributed by atoms with van der Waals surface area (Å²) in [6.45, 7) is 4.22. The first-order valence-corrected chi connectivity index (χ1v) is 5.93. The summed E-state index contributed by atoms with van der Waals surface area (Å²) in [4.78, 5) is 1.05. The molecule has 3 heteroatoms. The second kappa shape index (κ2) is 4.87. The molecule has 0 heterocycles. The van der Waals surface area contributed by atoms with Crippen LogP contribution >= 0.6 is 34.4 Å². The van der Waals surface area contributed by atoms with Crippen molar-refractivity contribution in [1.82, 2.24) is 0 Å². The van der Waals surface area contributed by atoms with Crippen LogP contribution in [0.5, 0.6) is 0 Å². The number of thioether (sulfide) groups is 1. The van der Waals surface area contributed by atoms with Crippen LogP contribution in [0.2, 0.25) is 0 Å². The maximum atomic E-state index is 8.55. The molecular formula is C10H10INS. The second-order valence-corrected chi connectivity index (χ2v) is 4.70. The van der Waals surface area contributed by atoms with Gasteiger partial charge in [0.15, 0.2) is 0 Å². The van der Waals surface area contributed by atoms with Crippen LogP contribution in [0.3, 0.4) is 0 Å². The molecule has 13 heavy (non-hydrogen) atoms. The Balaban J connectivity index is 3.16. The van der Waals surface area contributed by atoms with Crippen molar-refractivity contribution < 1.29 is 0 Å². The van der Waals surface area contributed by atoms with Gasteiger partial charge in [-0.1, -0.05) is 6.92 Å². The summed E-state index contributed by atoms with van der Waals surface area (Å²) < 4.78 is 1.32. The van der Waals surface area contributed by atoms with Crippen LogP contribution in [-0.4, -0.2) is 0 Å². The Bertz CT molecular complexity index is 355. The largest absolute Gasteiger partial charge is 0.185 e. The van der Waals surface area contributed by atoms with Crippen LogP contribution in [0.15, 0.2) is 17.0 Å². The molecule has 0 fully saturated rings. The van der Waals surface area contributed by atoms with Crippen molar-refractivity contribution in [3.63, 3.8) is 0 Å². The maximum Gasteiger partial charge on any atom is 0.138 e. The van der Waals surface area contributed by atoms with E-state index in [0.29, 0.717) is 0 Å². The SMILES string of the molecule is CCc1cc(SC#N)cc(C)c1I. The summed E-state index contributed by atoms with van der Waals surface area (Å²) in [6, 6.07) is 4.16. The first-order chi connectivity index (χ1) is 6.19. The molecule has 0 aliphatic carbocycles. The number of hydrogen-bond donors (Lipinski definition) is 0. The van der Waals surface area contributed by atoms with Gasteiger partial charge < -0.3 is 0 Å². The van der Waals surface area contributed by atoms with Crippen LogP contribution in [0.25, 0.3) is 0 Å². The molecule has 0 bridgehead atoms. The molecule has 68 valence electrons. The number of nitriles is 1. The van der Waals surface area contributed by atoms with E-state index in [0.717, 1.165) is 11.3 Å². The van der Waals surface area contributed by atoms with Crippen LogP contribution in [0.1, 0.15) is 18.1 Å². The van der Waals surface area contributed by atoms with Crippen molar-refractivity contribution in [3.8, 4) is 5.40 Å². The minimum Gasteiger partial charge on any atom is -0.185 e. The highest BCUT2D eigenvalue weighted by atomic mass is 127. The van der Waals surface area contributed by atoms with E-state index < -0.39 is 0 Å². The number of aryl methyl sites for hydroxylation is 2. The third-order valence-corrected chi connectivity index (χ3v) is 3.95. The van der Waals surface area contributed by atoms with Crippen molar-refractivity contribution >= 4 is 34.4 Å². The topological polar surface area (TPSA) is 23.8 Å². The number of halogens is 1. The number of thiocyanates is 1. The predicted octanol–water partition coefficient (Wildman–Crippen LogP) is 3.74. The zero-order valence-electron chi connectivity index (χ0n) is 7.60. The fourth-order valence-corrected chi connectivity index (χ4v) is 2.41. The van der Waals surface area contributed by atoms with Crippen molar-refractivity contribution in [2.45, 2.75) is 25.2 Å². The number of nitrogens with zero attached hydrogens (tertiary/aromatic N) is 1. The first-order valence-electron chi connectivity index (χ1n) is 4.04. The highest BCUT2D eigenvalue weighted by Crippen LogP contribution is 2.25. The quantitative estimate of drug-likeness (QED) is 0.472. The lowest BCUT2D eigenvalue weighted by Crippen LogP contribution is -1.90. The smallest absolute Gasteiger partial charge is 0.138 e. The van der Waals surface area contributed by atoms with Gasteiger partial charge in [0, 0.05) is 8.47 Å². The standard InChI is InChI=1S/C10H10INS/c1-3-8-5-9(13-6-12)4-7(2)10(8)11/h4-5H,3H2,1-2H3. The molecule has 1 aromatic rings. The Hall–Kier alpha value is -0.210. The molecule has 0 atom stereocenters. The Morgan fingerprint density at radius 3 is 2.77 bits per heavy atom. The fraction of sp³-hybridized carbons (Fsp3) is 0.300. The van der Waals surface area contributed by atoms with E-state index in [1.807, 2.05) is 0 Å². The Morgan fingerprint density at radius 1 is 1.54 bits per heavy atom. The third kappa shape index (κ3) is 2.61. The highest BCUT2D eigenvalue weighted by molar-refractivity contribution is 14.1. The lowest BCUT2D eigenvalue weighted by molar-refractivity contribution is 1.09. The average molecular weight is 303 g/mol. The second-order valence-electron chi connectivity index (χ2n) is 2.76. The number of benzene rings is 1. The molecule has 1 rings (SSSR count). The molecule has 0 N–H and O–H groups in total. The van der Waals surface area contributed by atoms with E-state index in [4.69, 9.17) is 5.26 Å². The third-order valence-electron chi connectivity index (χ3n) is 1.85. The lowest BCUT2D eigenvalue weighted by atomic mass is 10.1. The minimum absolute atomic E-state index is 1.03. The Labute approximate surface area is 96.7 Å². The van der Waals surface area contributed by atoms with Crippen molar-refractivity contribution in [2.24, 2.45) is 0 Å². The zero-order chi connectivity index (χ0) is 9.84. The van der Waals surface area contributed by atoms with Gasteiger partial charge in [0.25, 0.3) is 0 Å². The highest BCUT2D eigenvalue weighted by Gasteiger charge is 2.04. The van der Waals surface area contributed by atoms with Crippen LogP contribution < -0.4 is 0 Å². The maximum absolute atomic E-state index is 8.55. The summed E-state index contributed by atoms with van der Waals surface area (Å²) in [6.07, 6.45) is 1.03. The molecule has 0 saturated heterocycles. The monoisotopic (exact) mass is 303 g/mol. The molecule has 1 nitrogen and oxygen atoms in total. The van der Waals surface area contributed by atoms with E-state index in [-0.39, 0.29) is 0 Å². The van der Waals surface area contributed by atoms with Crippen LogP contribution in [0, 0.1) is 21.2 Å². The van der Waals surface area contributed by atoms with E-state index in [2.05, 4.69) is 54.0 Å². The van der Waals surface area contributed by atoms with E-state index in [9.17, 15) is 0 Å². The predicted molar refractivity (Wildman–Crippen MR) is 64.7 cm³/mol. The average Bonchev–Trinajstić information content (AvgIpc) is 2.11. The summed E-state index contributed by atoms with van der Waals surface area (Å²) in [7, 11) is 0.